The molecule has 19 heavy (non-hydrogen) atoms. The fourth-order valence-corrected chi connectivity index (χ4v) is 1.69. The Hall–Kier alpha value is -2.36. The molecule has 0 atom stereocenters. The molecule has 0 amide bonds. The second-order valence-corrected chi connectivity index (χ2v) is 3.88. The largest absolute Gasteiger partial charge is 0.495 e. The van der Waals surface area contributed by atoms with E-state index in [4.69, 9.17) is 9.47 Å². The van der Waals surface area contributed by atoms with Crippen molar-refractivity contribution in [3.8, 4) is 17.0 Å². The van der Waals surface area contributed by atoms with Crippen LogP contribution in [0, 0.1) is 0 Å². The molecule has 0 bridgehead atoms. The Bertz CT molecular complexity index is 564. The SMILES string of the molecule is CCOC(=O)c1cccc(-c2ccc(OC)cn2)c1. The molecule has 0 saturated heterocycles. The Kier molecular flexibility index (Phi) is 4.13. The molecule has 0 saturated carbocycles. The number of hydrogen-bond donors (Lipinski definition) is 0. The Morgan fingerprint density at radius 2 is 2.11 bits per heavy atom. The third-order valence-electron chi connectivity index (χ3n) is 2.64. The summed E-state index contributed by atoms with van der Waals surface area (Å²) in [6, 6.07) is 10.9. The van der Waals surface area contributed by atoms with Crippen molar-refractivity contribution in [2.45, 2.75) is 6.92 Å². The minimum atomic E-state index is -0.321. The maximum Gasteiger partial charge on any atom is 0.338 e. The first-order valence-electron chi connectivity index (χ1n) is 6.02. The smallest absolute Gasteiger partial charge is 0.338 e. The van der Waals surface area contributed by atoms with Crippen molar-refractivity contribution in [3.05, 3.63) is 48.2 Å². The number of benzene rings is 1. The highest BCUT2D eigenvalue weighted by molar-refractivity contribution is 5.90. The highest BCUT2D eigenvalue weighted by Crippen LogP contribution is 2.20. The minimum absolute atomic E-state index is 0.321. The Balaban J connectivity index is 2.29. The number of carbonyl (C=O) groups is 1. The van der Waals surface area contributed by atoms with Crippen LogP contribution in [0.2, 0.25) is 0 Å². The van der Waals surface area contributed by atoms with Crippen molar-refractivity contribution in [1.29, 1.82) is 0 Å². The fourth-order valence-electron chi connectivity index (χ4n) is 1.69. The molecule has 0 radical (unpaired) electrons. The van der Waals surface area contributed by atoms with Crippen LogP contribution < -0.4 is 4.74 Å². The number of esters is 1. The van der Waals surface area contributed by atoms with Gasteiger partial charge in [0.2, 0.25) is 0 Å². The normalized spacial score (nSPS) is 10.0. The molecule has 4 nitrogen and oxygen atoms in total. The molecule has 0 N–H and O–H groups in total. The quantitative estimate of drug-likeness (QED) is 0.790. The zero-order valence-electron chi connectivity index (χ0n) is 10.9. The maximum absolute atomic E-state index is 11.7. The zero-order valence-corrected chi connectivity index (χ0v) is 10.9. The number of nitrogens with zero attached hydrogens (tertiary/aromatic N) is 1. The fraction of sp³-hybridized carbons (Fsp3) is 0.200. The summed E-state index contributed by atoms with van der Waals surface area (Å²) in [6.07, 6.45) is 1.65. The van der Waals surface area contributed by atoms with Gasteiger partial charge in [-0.1, -0.05) is 12.1 Å². The molecule has 0 aliphatic rings. The second-order valence-electron chi connectivity index (χ2n) is 3.88. The number of rotatable bonds is 4. The Morgan fingerprint density at radius 1 is 1.26 bits per heavy atom. The summed E-state index contributed by atoms with van der Waals surface area (Å²) in [5.74, 6) is 0.378. The molecule has 2 aromatic rings. The molecule has 0 spiro atoms. The van der Waals surface area contributed by atoms with E-state index in [0.717, 1.165) is 11.3 Å². The van der Waals surface area contributed by atoms with Crippen LogP contribution in [0.3, 0.4) is 0 Å². The van der Waals surface area contributed by atoms with E-state index in [0.29, 0.717) is 17.9 Å². The van der Waals surface area contributed by atoms with Crippen molar-refractivity contribution in [3.63, 3.8) is 0 Å². The van der Waals surface area contributed by atoms with E-state index < -0.39 is 0 Å². The number of methoxy groups -OCH3 is 1. The first-order chi connectivity index (χ1) is 9.24. The highest BCUT2D eigenvalue weighted by atomic mass is 16.5. The average Bonchev–Trinajstić information content (AvgIpc) is 2.48. The Morgan fingerprint density at radius 3 is 2.74 bits per heavy atom. The lowest BCUT2D eigenvalue weighted by Gasteiger charge is -2.05. The summed E-state index contributed by atoms with van der Waals surface area (Å²) in [5.41, 5.74) is 2.18. The van der Waals surface area contributed by atoms with Gasteiger partial charge in [0.05, 0.1) is 31.2 Å². The Labute approximate surface area is 112 Å². The topological polar surface area (TPSA) is 48.4 Å². The zero-order chi connectivity index (χ0) is 13.7. The van der Waals surface area contributed by atoms with Crippen LogP contribution in [0.4, 0.5) is 0 Å². The van der Waals surface area contributed by atoms with Crippen LogP contribution in [0.1, 0.15) is 17.3 Å². The summed E-state index contributed by atoms with van der Waals surface area (Å²) in [7, 11) is 1.60. The van der Waals surface area contributed by atoms with Gasteiger partial charge in [0.15, 0.2) is 0 Å². The van der Waals surface area contributed by atoms with Gasteiger partial charge in [0, 0.05) is 5.56 Å². The van der Waals surface area contributed by atoms with Gasteiger partial charge in [-0.25, -0.2) is 4.79 Å². The van der Waals surface area contributed by atoms with E-state index in [1.165, 1.54) is 0 Å². The molecule has 1 aromatic heterocycles. The summed E-state index contributed by atoms with van der Waals surface area (Å²) >= 11 is 0. The van der Waals surface area contributed by atoms with E-state index in [1.807, 2.05) is 24.3 Å². The number of carbonyl (C=O) groups excluding carboxylic acids is 1. The molecule has 4 heteroatoms. The predicted octanol–water partition coefficient (Wildman–Crippen LogP) is 2.93. The van der Waals surface area contributed by atoms with Crippen LogP contribution >= 0.6 is 0 Å². The number of aromatic nitrogens is 1. The van der Waals surface area contributed by atoms with Crippen molar-refractivity contribution in [2.75, 3.05) is 13.7 Å². The summed E-state index contributed by atoms with van der Waals surface area (Å²) in [4.78, 5) is 16.0. The molecule has 1 aromatic carbocycles. The maximum atomic E-state index is 11.7. The summed E-state index contributed by atoms with van der Waals surface area (Å²) in [6.45, 7) is 2.15. The molecular formula is C15H15NO3. The lowest BCUT2D eigenvalue weighted by Crippen LogP contribution is -2.04. The third-order valence-corrected chi connectivity index (χ3v) is 2.64. The molecule has 0 fully saturated rings. The standard InChI is InChI=1S/C15H15NO3/c1-3-19-15(17)12-6-4-5-11(9-12)14-8-7-13(18-2)10-16-14/h4-10H,3H2,1-2H3. The molecule has 98 valence electrons. The second kappa shape index (κ2) is 6.00. The van der Waals surface area contributed by atoms with E-state index in [2.05, 4.69) is 4.98 Å². The summed E-state index contributed by atoms with van der Waals surface area (Å²) < 4.78 is 10.0. The van der Waals surface area contributed by atoms with Crippen LogP contribution in [0.5, 0.6) is 5.75 Å². The van der Waals surface area contributed by atoms with Gasteiger partial charge in [0.25, 0.3) is 0 Å². The number of pyridine rings is 1. The summed E-state index contributed by atoms with van der Waals surface area (Å²) in [5, 5.41) is 0. The van der Waals surface area contributed by atoms with Crippen LogP contribution in [0.15, 0.2) is 42.6 Å². The van der Waals surface area contributed by atoms with Gasteiger partial charge in [-0.3, -0.25) is 4.98 Å². The van der Waals surface area contributed by atoms with Gasteiger partial charge in [-0.15, -0.1) is 0 Å². The molecular weight excluding hydrogens is 242 g/mol. The molecule has 0 aliphatic carbocycles. The first kappa shape index (κ1) is 13.1. The predicted molar refractivity (Wildman–Crippen MR) is 72.2 cm³/mol. The van der Waals surface area contributed by atoms with Crippen molar-refractivity contribution < 1.29 is 14.3 Å². The van der Waals surface area contributed by atoms with Gasteiger partial charge >= 0.3 is 5.97 Å². The van der Waals surface area contributed by atoms with Gasteiger partial charge < -0.3 is 9.47 Å². The molecule has 0 aliphatic heterocycles. The monoisotopic (exact) mass is 257 g/mol. The molecule has 2 rings (SSSR count). The average molecular weight is 257 g/mol. The number of hydrogen-bond acceptors (Lipinski definition) is 4. The lowest BCUT2D eigenvalue weighted by molar-refractivity contribution is 0.0526. The van der Waals surface area contributed by atoms with E-state index in [1.54, 1.807) is 32.4 Å². The van der Waals surface area contributed by atoms with Gasteiger partial charge in [-0.05, 0) is 31.2 Å². The third kappa shape index (κ3) is 3.10. The van der Waals surface area contributed by atoms with E-state index in [-0.39, 0.29) is 5.97 Å². The van der Waals surface area contributed by atoms with Crippen LogP contribution in [0.25, 0.3) is 11.3 Å². The van der Waals surface area contributed by atoms with Gasteiger partial charge in [0.1, 0.15) is 5.75 Å². The minimum Gasteiger partial charge on any atom is -0.495 e. The van der Waals surface area contributed by atoms with Crippen molar-refractivity contribution in [1.82, 2.24) is 4.98 Å². The van der Waals surface area contributed by atoms with Crippen molar-refractivity contribution in [2.24, 2.45) is 0 Å². The highest BCUT2D eigenvalue weighted by Gasteiger charge is 2.08. The van der Waals surface area contributed by atoms with Crippen LogP contribution in [-0.4, -0.2) is 24.7 Å². The van der Waals surface area contributed by atoms with Gasteiger partial charge in [-0.2, -0.15) is 0 Å². The van der Waals surface area contributed by atoms with Crippen LogP contribution in [-0.2, 0) is 4.74 Å². The first-order valence-corrected chi connectivity index (χ1v) is 6.02. The van der Waals surface area contributed by atoms with Crippen molar-refractivity contribution >= 4 is 5.97 Å². The van der Waals surface area contributed by atoms with E-state index in [9.17, 15) is 4.79 Å². The molecule has 1 heterocycles. The lowest BCUT2D eigenvalue weighted by atomic mass is 10.1. The van der Waals surface area contributed by atoms with E-state index >= 15 is 0 Å². The number of ether oxygens (including phenoxy) is 2. The molecule has 0 unspecified atom stereocenters.